The lowest BCUT2D eigenvalue weighted by molar-refractivity contribution is -0.384. The predicted octanol–water partition coefficient (Wildman–Crippen LogP) is 3.45. The molecule has 0 atom stereocenters. The summed E-state index contributed by atoms with van der Waals surface area (Å²) in [5, 5.41) is 10.9. The molecule has 3 aromatic rings. The zero-order valence-electron chi connectivity index (χ0n) is 16.0. The summed E-state index contributed by atoms with van der Waals surface area (Å²) in [6.45, 7) is 2.60. The van der Waals surface area contributed by atoms with Crippen molar-refractivity contribution in [1.29, 1.82) is 0 Å². The number of hydrogen-bond donors (Lipinski definition) is 0. The molecule has 1 aromatic heterocycles. The SMILES string of the molecule is CCn1c(COc2ccc([N+](=O)[O-])cc2Cl)nc2cc(S(=O)(=O)N(C)C)ccc21. The van der Waals surface area contributed by atoms with Gasteiger partial charge in [0, 0.05) is 32.8 Å². The summed E-state index contributed by atoms with van der Waals surface area (Å²) in [5.74, 6) is 0.874. The fourth-order valence-corrected chi connectivity index (χ4v) is 4.01. The van der Waals surface area contributed by atoms with Gasteiger partial charge in [0.15, 0.2) is 0 Å². The third-order valence-electron chi connectivity index (χ3n) is 4.38. The molecule has 1 heterocycles. The fraction of sp³-hybridized carbons (Fsp3) is 0.278. The number of nitro groups is 1. The maximum atomic E-state index is 12.4. The minimum absolute atomic E-state index is 0.0653. The number of fused-ring (bicyclic) bond motifs is 1. The van der Waals surface area contributed by atoms with Crippen molar-refractivity contribution in [1.82, 2.24) is 13.9 Å². The van der Waals surface area contributed by atoms with Gasteiger partial charge in [0.05, 0.1) is 25.9 Å². The van der Waals surface area contributed by atoms with Crippen LogP contribution in [0.3, 0.4) is 0 Å². The number of aromatic nitrogens is 2. The molecule has 0 saturated carbocycles. The van der Waals surface area contributed by atoms with E-state index in [1.165, 1.54) is 38.4 Å². The molecule has 0 aliphatic carbocycles. The first-order valence-electron chi connectivity index (χ1n) is 8.63. The van der Waals surface area contributed by atoms with Crippen LogP contribution in [0.15, 0.2) is 41.3 Å². The molecule has 0 saturated heterocycles. The normalized spacial score (nSPS) is 11.9. The van der Waals surface area contributed by atoms with Gasteiger partial charge in [0.25, 0.3) is 5.69 Å². The topological polar surface area (TPSA) is 108 Å². The Morgan fingerprint density at radius 1 is 1.24 bits per heavy atom. The highest BCUT2D eigenvalue weighted by Gasteiger charge is 2.20. The summed E-state index contributed by atoms with van der Waals surface area (Å²) >= 11 is 6.06. The first-order valence-corrected chi connectivity index (χ1v) is 10.5. The first-order chi connectivity index (χ1) is 13.6. The summed E-state index contributed by atoms with van der Waals surface area (Å²) in [7, 11) is -0.631. The van der Waals surface area contributed by atoms with Gasteiger partial charge < -0.3 is 9.30 Å². The number of hydrogen-bond acceptors (Lipinski definition) is 6. The molecule has 0 fully saturated rings. The van der Waals surface area contributed by atoms with Gasteiger partial charge in [0.1, 0.15) is 18.2 Å². The van der Waals surface area contributed by atoms with Gasteiger partial charge in [-0.05, 0) is 31.2 Å². The molecule has 0 aliphatic rings. The van der Waals surface area contributed by atoms with Crippen molar-refractivity contribution in [3.63, 3.8) is 0 Å². The Labute approximate surface area is 172 Å². The Bertz CT molecular complexity index is 1190. The molecule has 154 valence electrons. The van der Waals surface area contributed by atoms with Gasteiger partial charge in [-0.15, -0.1) is 0 Å². The molecule has 0 radical (unpaired) electrons. The highest BCUT2D eigenvalue weighted by atomic mass is 35.5. The van der Waals surface area contributed by atoms with E-state index < -0.39 is 14.9 Å². The lowest BCUT2D eigenvalue weighted by Gasteiger charge is -2.11. The molecule has 29 heavy (non-hydrogen) atoms. The predicted molar refractivity (Wildman–Crippen MR) is 109 cm³/mol. The summed E-state index contributed by atoms with van der Waals surface area (Å²) in [4.78, 5) is 14.9. The van der Waals surface area contributed by atoms with E-state index in [2.05, 4.69) is 4.98 Å². The van der Waals surface area contributed by atoms with Crippen LogP contribution >= 0.6 is 11.6 Å². The van der Waals surface area contributed by atoms with Gasteiger partial charge in [-0.25, -0.2) is 17.7 Å². The number of sulfonamides is 1. The summed E-state index contributed by atoms with van der Waals surface area (Å²) in [6.07, 6.45) is 0. The number of aryl methyl sites for hydroxylation is 1. The highest BCUT2D eigenvalue weighted by molar-refractivity contribution is 7.89. The molecule has 0 amide bonds. The molecule has 0 bridgehead atoms. The average Bonchev–Trinajstić information content (AvgIpc) is 3.03. The van der Waals surface area contributed by atoms with E-state index >= 15 is 0 Å². The Hall–Kier alpha value is -2.69. The van der Waals surface area contributed by atoms with Gasteiger partial charge >= 0.3 is 0 Å². The van der Waals surface area contributed by atoms with Crippen LogP contribution < -0.4 is 4.74 Å². The summed E-state index contributed by atoms with van der Waals surface area (Å²) < 4.78 is 33.5. The standard InChI is InChI=1S/C18H19ClN4O5S/c1-4-22-16-7-6-13(29(26,27)21(2)3)10-15(16)20-18(22)11-28-17-8-5-12(23(24)25)9-14(17)19/h5-10H,4,11H2,1-3H3. The molecular weight excluding hydrogens is 420 g/mol. The number of nitro benzene ring substituents is 1. The van der Waals surface area contributed by atoms with Crippen LogP contribution in [-0.2, 0) is 23.2 Å². The van der Waals surface area contributed by atoms with E-state index in [4.69, 9.17) is 16.3 Å². The van der Waals surface area contributed by atoms with E-state index in [1.54, 1.807) is 12.1 Å². The minimum Gasteiger partial charge on any atom is -0.484 e. The van der Waals surface area contributed by atoms with Crippen molar-refractivity contribution < 1.29 is 18.1 Å². The maximum Gasteiger partial charge on any atom is 0.271 e. The van der Waals surface area contributed by atoms with Gasteiger partial charge in [-0.2, -0.15) is 0 Å². The van der Waals surface area contributed by atoms with E-state index in [0.717, 1.165) is 9.82 Å². The maximum absolute atomic E-state index is 12.4. The van der Waals surface area contributed by atoms with Crippen molar-refractivity contribution in [3.05, 3.63) is 57.4 Å². The zero-order chi connectivity index (χ0) is 21.3. The largest absolute Gasteiger partial charge is 0.484 e. The lowest BCUT2D eigenvalue weighted by atomic mass is 10.3. The number of rotatable bonds is 7. The quantitative estimate of drug-likeness (QED) is 0.413. The third kappa shape index (κ3) is 4.04. The molecular formula is C18H19ClN4O5S. The molecule has 9 nitrogen and oxygen atoms in total. The van der Waals surface area contributed by atoms with Crippen LogP contribution in [0.4, 0.5) is 5.69 Å². The van der Waals surface area contributed by atoms with Crippen LogP contribution in [-0.4, -0.2) is 41.3 Å². The number of benzene rings is 2. The van der Waals surface area contributed by atoms with Crippen LogP contribution in [0.2, 0.25) is 5.02 Å². The van der Waals surface area contributed by atoms with E-state index in [-0.39, 0.29) is 22.2 Å². The molecule has 11 heteroatoms. The monoisotopic (exact) mass is 438 g/mol. The Balaban J connectivity index is 1.92. The van der Waals surface area contributed by atoms with E-state index in [1.807, 2.05) is 11.5 Å². The first kappa shape index (κ1) is 21.0. The molecule has 0 unspecified atom stereocenters. The number of halogens is 1. The summed E-state index contributed by atoms with van der Waals surface area (Å²) in [5.41, 5.74) is 1.18. The average molecular weight is 439 g/mol. The Kier molecular flexibility index (Phi) is 5.78. The van der Waals surface area contributed by atoms with Crippen LogP contribution in [0, 0.1) is 10.1 Å². The van der Waals surface area contributed by atoms with Crippen LogP contribution in [0.25, 0.3) is 11.0 Å². The van der Waals surface area contributed by atoms with E-state index in [0.29, 0.717) is 23.6 Å². The van der Waals surface area contributed by atoms with Gasteiger partial charge in [-0.3, -0.25) is 10.1 Å². The summed E-state index contributed by atoms with van der Waals surface area (Å²) in [6, 6.07) is 8.74. The van der Waals surface area contributed by atoms with Crippen molar-refractivity contribution >= 4 is 38.3 Å². The van der Waals surface area contributed by atoms with Crippen LogP contribution in [0.5, 0.6) is 5.75 Å². The van der Waals surface area contributed by atoms with E-state index in [9.17, 15) is 18.5 Å². The minimum atomic E-state index is -3.57. The molecule has 0 spiro atoms. The Morgan fingerprint density at radius 3 is 2.55 bits per heavy atom. The van der Waals surface area contributed by atoms with Gasteiger partial charge in [0.2, 0.25) is 10.0 Å². The molecule has 2 aromatic carbocycles. The van der Waals surface area contributed by atoms with Crippen LogP contribution in [0.1, 0.15) is 12.7 Å². The molecule has 3 rings (SSSR count). The zero-order valence-corrected chi connectivity index (χ0v) is 17.6. The molecule has 0 aliphatic heterocycles. The smallest absolute Gasteiger partial charge is 0.271 e. The fourth-order valence-electron chi connectivity index (χ4n) is 2.86. The number of nitrogens with zero attached hydrogens (tertiary/aromatic N) is 4. The number of imidazole rings is 1. The van der Waals surface area contributed by atoms with Crippen molar-refractivity contribution in [3.8, 4) is 5.75 Å². The number of non-ortho nitro benzene ring substituents is 1. The second-order valence-corrected chi connectivity index (χ2v) is 8.93. The highest BCUT2D eigenvalue weighted by Crippen LogP contribution is 2.30. The van der Waals surface area contributed by atoms with Gasteiger partial charge in [-0.1, -0.05) is 11.6 Å². The lowest BCUT2D eigenvalue weighted by Crippen LogP contribution is -2.22. The van der Waals surface area contributed by atoms with Crippen molar-refractivity contribution in [2.24, 2.45) is 0 Å². The van der Waals surface area contributed by atoms with Crippen molar-refractivity contribution in [2.45, 2.75) is 25.0 Å². The van der Waals surface area contributed by atoms with Crippen molar-refractivity contribution in [2.75, 3.05) is 14.1 Å². The second-order valence-electron chi connectivity index (χ2n) is 6.37. The third-order valence-corrected chi connectivity index (χ3v) is 6.48. The Morgan fingerprint density at radius 2 is 1.97 bits per heavy atom. The molecule has 0 N–H and O–H groups in total. The second kappa shape index (κ2) is 7.97. The number of ether oxygens (including phenoxy) is 1.